The SMILES string of the molecule is O=C(N/N=C\c1c(OCc2ccc(Cl)cc2Cl)ccc2ccccc12)c1cc2cc(Br)cc(Br)c2o1. The third-order valence-corrected chi connectivity index (χ3v) is 7.08. The highest BCUT2D eigenvalue weighted by atomic mass is 79.9. The predicted molar refractivity (Wildman–Crippen MR) is 151 cm³/mol. The number of hydrogen-bond acceptors (Lipinski definition) is 4. The van der Waals surface area contributed by atoms with Gasteiger partial charge in [0.15, 0.2) is 5.76 Å². The maximum absolute atomic E-state index is 12.7. The number of hydrogen-bond donors (Lipinski definition) is 1. The largest absolute Gasteiger partial charge is 0.488 e. The predicted octanol–water partition coefficient (Wildman–Crippen LogP) is 8.76. The van der Waals surface area contributed by atoms with Gasteiger partial charge in [-0.1, -0.05) is 75.5 Å². The van der Waals surface area contributed by atoms with Crippen molar-refractivity contribution < 1.29 is 13.9 Å². The van der Waals surface area contributed by atoms with Crippen LogP contribution in [0.4, 0.5) is 0 Å². The van der Waals surface area contributed by atoms with Crippen LogP contribution in [0.25, 0.3) is 21.7 Å². The minimum absolute atomic E-state index is 0.146. The molecule has 1 amide bonds. The molecule has 180 valence electrons. The number of halogens is 4. The van der Waals surface area contributed by atoms with Crippen LogP contribution in [0, 0.1) is 0 Å². The van der Waals surface area contributed by atoms with Gasteiger partial charge in [0.1, 0.15) is 17.9 Å². The summed E-state index contributed by atoms with van der Waals surface area (Å²) in [7, 11) is 0. The summed E-state index contributed by atoms with van der Waals surface area (Å²) in [5.41, 5.74) is 4.64. The van der Waals surface area contributed by atoms with Gasteiger partial charge in [0.05, 0.1) is 10.7 Å². The third kappa shape index (κ3) is 5.30. The van der Waals surface area contributed by atoms with Gasteiger partial charge in [0.25, 0.3) is 0 Å². The Hall–Kier alpha value is -2.84. The van der Waals surface area contributed by atoms with E-state index in [9.17, 15) is 4.79 Å². The lowest BCUT2D eigenvalue weighted by atomic mass is 10.0. The summed E-state index contributed by atoms with van der Waals surface area (Å²) >= 11 is 19.2. The molecular formula is C27H16Br2Cl2N2O3. The summed E-state index contributed by atoms with van der Waals surface area (Å²) in [6.07, 6.45) is 1.56. The van der Waals surface area contributed by atoms with Gasteiger partial charge in [-0.25, -0.2) is 5.43 Å². The first-order valence-corrected chi connectivity index (χ1v) is 13.0. The molecule has 0 aliphatic rings. The maximum atomic E-state index is 12.7. The van der Waals surface area contributed by atoms with Crippen LogP contribution in [-0.4, -0.2) is 12.1 Å². The number of carbonyl (C=O) groups is 1. The molecule has 0 radical (unpaired) electrons. The molecule has 1 aromatic heterocycles. The van der Waals surface area contributed by atoms with Crippen LogP contribution in [0.15, 0.2) is 91.3 Å². The number of amides is 1. The van der Waals surface area contributed by atoms with E-state index in [0.29, 0.717) is 21.4 Å². The van der Waals surface area contributed by atoms with E-state index in [-0.39, 0.29) is 12.4 Å². The second-order valence-corrected chi connectivity index (χ2v) is 10.5. The van der Waals surface area contributed by atoms with E-state index in [1.165, 1.54) is 0 Å². The fourth-order valence-corrected chi connectivity index (χ4v) is 5.53. The van der Waals surface area contributed by atoms with E-state index in [2.05, 4.69) is 42.4 Å². The van der Waals surface area contributed by atoms with Crippen molar-refractivity contribution in [2.75, 3.05) is 0 Å². The molecule has 0 atom stereocenters. The van der Waals surface area contributed by atoms with Crippen LogP contribution in [0.1, 0.15) is 21.7 Å². The second kappa shape index (κ2) is 10.6. The van der Waals surface area contributed by atoms with E-state index in [1.807, 2.05) is 54.6 Å². The zero-order chi connectivity index (χ0) is 25.2. The first kappa shape index (κ1) is 24.8. The molecule has 36 heavy (non-hydrogen) atoms. The lowest BCUT2D eigenvalue weighted by Crippen LogP contribution is -2.16. The molecule has 0 fully saturated rings. The van der Waals surface area contributed by atoms with Crippen LogP contribution >= 0.6 is 55.1 Å². The number of rotatable bonds is 6. The summed E-state index contributed by atoms with van der Waals surface area (Å²) in [6, 6.07) is 22.3. The molecule has 0 saturated heterocycles. The van der Waals surface area contributed by atoms with Gasteiger partial charge >= 0.3 is 5.91 Å². The van der Waals surface area contributed by atoms with Crippen molar-refractivity contribution in [3.63, 3.8) is 0 Å². The number of benzene rings is 4. The van der Waals surface area contributed by atoms with Crippen molar-refractivity contribution in [2.24, 2.45) is 5.10 Å². The topological polar surface area (TPSA) is 63.8 Å². The minimum atomic E-state index is -0.471. The second-order valence-electron chi connectivity index (χ2n) is 7.84. The molecule has 4 aromatic carbocycles. The Morgan fingerprint density at radius 2 is 1.83 bits per heavy atom. The lowest BCUT2D eigenvalue weighted by Gasteiger charge is -2.13. The molecular weight excluding hydrogens is 631 g/mol. The highest BCUT2D eigenvalue weighted by molar-refractivity contribution is 9.11. The summed E-state index contributed by atoms with van der Waals surface area (Å²) in [5.74, 6) is 0.268. The van der Waals surface area contributed by atoms with Gasteiger partial charge in [0.2, 0.25) is 0 Å². The van der Waals surface area contributed by atoms with E-state index in [1.54, 1.807) is 24.4 Å². The Morgan fingerprint density at radius 3 is 2.67 bits per heavy atom. The average Bonchev–Trinajstić information content (AvgIpc) is 3.29. The molecule has 9 heteroatoms. The van der Waals surface area contributed by atoms with Crippen LogP contribution in [-0.2, 0) is 6.61 Å². The number of ether oxygens (including phenoxy) is 1. The molecule has 5 rings (SSSR count). The van der Waals surface area contributed by atoms with Gasteiger partial charge in [-0.05, 0) is 63.1 Å². The van der Waals surface area contributed by atoms with Crippen LogP contribution < -0.4 is 10.2 Å². The van der Waals surface area contributed by atoms with Crippen LogP contribution in [0.3, 0.4) is 0 Å². The molecule has 0 spiro atoms. The van der Waals surface area contributed by atoms with Gasteiger partial charge in [-0.3, -0.25) is 4.79 Å². The molecule has 5 aromatic rings. The number of fused-ring (bicyclic) bond motifs is 2. The standard InChI is InChI=1S/C27H16Br2Cl2N2O3/c28-18-9-17-10-25(36-26(17)22(29)11-18)27(34)33-32-13-21-20-4-2-1-3-15(20)6-8-24(21)35-14-16-5-7-19(30)12-23(16)31/h1-13H,14H2,(H,33,34)/b32-13-. The molecule has 0 aliphatic carbocycles. The van der Waals surface area contributed by atoms with Crippen molar-refractivity contribution in [3.8, 4) is 5.75 Å². The van der Waals surface area contributed by atoms with Gasteiger partial charge in [-0.15, -0.1) is 0 Å². The zero-order valence-electron chi connectivity index (χ0n) is 18.4. The van der Waals surface area contributed by atoms with Crippen molar-refractivity contribution >= 4 is 88.9 Å². The molecule has 0 saturated carbocycles. The molecule has 0 aliphatic heterocycles. The Morgan fingerprint density at radius 1 is 1.00 bits per heavy atom. The number of furan rings is 1. The smallest absolute Gasteiger partial charge is 0.307 e. The highest BCUT2D eigenvalue weighted by Crippen LogP contribution is 2.31. The minimum Gasteiger partial charge on any atom is -0.488 e. The first-order chi connectivity index (χ1) is 17.4. The monoisotopic (exact) mass is 644 g/mol. The Labute approximate surface area is 233 Å². The Balaban J connectivity index is 1.40. The molecule has 0 unspecified atom stereocenters. The molecule has 1 N–H and O–H groups in total. The number of hydrazone groups is 1. The van der Waals surface area contributed by atoms with Crippen LogP contribution in [0.5, 0.6) is 5.75 Å². The van der Waals surface area contributed by atoms with Crippen molar-refractivity contribution in [1.29, 1.82) is 0 Å². The van der Waals surface area contributed by atoms with Crippen molar-refractivity contribution in [2.45, 2.75) is 6.61 Å². The number of nitrogens with one attached hydrogen (secondary N) is 1. The summed E-state index contributed by atoms with van der Waals surface area (Å²) in [5, 5.41) is 8.00. The van der Waals surface area contributed by atoms with Gasteiger partial charge in [0, 0.05) is 31.0 Å². The van der Waals surface area contributed by atoms with E-state index in [4.69, 9.17) is 32.4 Å². The lowest BCUT2D eigenvalue weighted by molar-refractivity contribution is 0.0929. The normalized spacial score (nSPS) is 11.4. The maximum Gasteiger partial charge on any atom is 0.307 e. The highest BCUT2D eigenvalue weighted by Gasteiger charge is 2.15. The van der Waals surface area contributed by atoms with E-state index < -0.39 is 5.91 Å². The average molecular weight is 647 g/mol. The number of carbonyl (C=O) groups excluding carboxylic acids is 1. The fraction of sp³-hybridized carbons (Fsp3) is 0.0370. The van der Waals surface area contributed by atoms with E-state index >= 15 is 0 Å². The molecule has 0 bridgehead atoms. The van der Waals surface area contributed by atoms with Gasteiger partial charge < -0.3 is 9.15 Å². The van der Waals surface area contributed by atoms with Crippen molar-refractivity contribution in [3.05, 3.63) is 109 Å². The Kier molecular flexibility index (Phi) is 7.34. The quantitative estimate of drug-likeness (QED) is 0.148. The zero-order valence-corrected chi connectivity index (χ0v) is 23.1. The van der Waals surface area contributed by atoms with Crippen molar-refractivity contribution in [1.82, 2.24) is 5.43 Å². The summed E-state index contributed by atoms with van der Waals surface area (Å²) in [4.78, 5) is 12.7. The fourth-order valence-electron chi connectivity index (χ4n) is 3.73. The van der Waals surface area contributed by atoms with Gasteiger partial charge in [-0.2, -0.15) is 5.10 Å². The summed E-state index contributed by atoms with van der Waals surface area (Å²) < 4.78 is 13.4. The number of nitrogens with zero attached hydrogens (tertiary/aromatic N) is 1. The molecule has 1 heterocycles. The first-order valence-electron chi connectivity index (χ1n) is 10.7. The third-order valence-electron chi connectivity index (χ3n) is 5.45. The summed E-state index contributed by atoms with van der Waals surface area (Å²) in [6.45, 7) is 0.241. The Bertz CT molecular complexity index is 1650. The molecule has 5 nitrogen and oxygen atoms in total. The van der Waals surface area contributed by atoms with Crippen LogP contribution in [0.2, 0.25) is 10.0 Å². The van der Waals surface area contributed by atoms with E-state index in [0.717, 1.165) is 36.2 Å².